The van der Waals surface area contributed by atoms with E-state index in [0.29, 0.717) is 19.7 Å². The molecule has 1 heterocycles. The number of nitrogens with zero attached hydrogens (tertiary/aromatic N) is 2. The van der Waals surface area contributed by atoms with Crippen molar-refractivity contribution in [3.8, 4) is 5.75 Å². The number of thiazole rings is 1. The van der Waals surface area contributed by atoms with E-state index in [-0.39, 0.29) is 17.2 Å². The summed E-state index contributed by atoms with van der Waals surface area (Å²) in [7, 11) is 0. The quantitative estimate of drug-likeness (QED) is 0.640. The van der Waals surface area contributed by atoms with Crippen molar-refractivity contribution in [1.82, 2.24) is 14.8 Å². The molecule has 148 valence electrons. The Morgan fingerprint density at radius 2 is 2.00 bits per heavy atom. The molecule has 2 aromatic rings. The van der Waals surface area contributed by atoms with Crippen LogP contribution in [0.3, 0.4) is 0 Å². The number of benzene rings is 1. The lowest BCUT2D eigenvalue weighted by Crippen LogP contribution is -2.28. The van der Waals surface area contributed by atoms with Gasteiger partial charge < -0.3 is 19.5 Å². The molecule has 0 aliphatic carbocycles. The fraction of sp³-hybridized carbons (Fsp3) is 0.500. The molecule has 0 atom stereocenters. The van der Waals surface area contributed by atoms with Crippen LogP contribution in [0.1, 0.15) is 31.5 Å². The predicted octanol–water partition coefficient (Wildman–Crippen LogP) is 2.65. The third-order valence-corrected chi connectivity index (χ3v) is 5.43. The molecule has 6 nitrogen and oxygen atoms in total. The first-order valence-corrected chi connectivity index (χ1v) is 10.3. The summed E-state index contributed by atoms with van der Waals surface area (Å²) in [4.78, 5) is 26.1. The fourth-order valence-corrected chi connectivity index (χ4v) is 3.55. The highest BCUT2D eigenvalue weighted by atomic mass is 32.1. The summed E-state index contributed by atoms with van der Waals surface area (Å²) >= 11 is 1.16. The van der Waals surface area contributed by atoms with Gasteiger partial charge in [-0.25, -0.2) is 0 Å². The van der Waals surface area contributed by atoms with E-state index in [1.807, 2.05) is 36.6 Å². The summed E-state index contributed by atoms with van der Waals surface area (Å²) in [6.07, 6.45) is 0.280. The molecule has 1 aromatic carbocycles. The van der Waals surface area contributed by atoms with Crippen LogP contribution in [-0.4, -0.2) is 41.6 Å². The first-order chi connectivity index (χ1) is 13.0. The van der Waals surface area contributed by atoms with Crippen molar-refractivity contribution >= 4 is 17.2 Å². The van der Waals surface area contributed by atoms with Gasteiger partial charge in [-0.2, -0.15) is 0 Å². The molecule has 0 aliphatic heterocycles. The van der Waals surface area contributed by atoms with Gasteiger partial charge in [-0.15, -0.1) is 0 Å². The molecule has 0 fully saturated rings. The van der Waals surface area contributed by atoms with E-state index in [1.165, 1.54) is 0 Å². The summed E-state index contributed by atoms with van der Waals surface area (Å²) in [6, 6.07) is 7.76. The Kier molecular flexibility index (Phi) is 8.54. The van der Waals surface area contributed by atoms with Gasteiger partial charge in [-0.3, -0.25) is 9.59 Å². The lowest BCUT2D eigenvalue weighted by Gasteiger charge is -2.19. The standard InChI is InChI=1S/C20H29N3O3S/c1-4-22(5-2)12-13-26-18-9-7-6-8-17(18)14-21-19(24)10-11-23-16(3)15-27-20(23)25/h6-9,15H,4-5,10-14H2,1-3H3,(H,21,24). The molecule has 27 heavy (non-hydrogen) atoms. The average Bonchev–Trinajstić information content (AvgIpc) is 3.00. The van der Waals surface area contributed by atoms with Gasteiger partial charge in [0.15, 0.2) is 0 Å². The fourth-order valence-electron chi connectivity index (χ4n) is 2.79. The molecule has 1 amide bonds. The average molecular weight is 392 g/mol. The van der Waals surface area contributed by atoms with Crippen molar-refractivity contribution < 1.29 is 9.53 Å². The summed E-state index contributed by atoms with van der Waals surface area (Å²) in [5, 5.41) is 4.73. The van der Waals surface area contributed by atoms with E-state index in [2.05, 4.69) is 24.1 Å². The Labute approximate surface area is 164 Å². The number of ether oxygens (including phenoxy) is 1. The van der Waals surface area contributed by atoms with E-state index in [9.17, 15) is 9.59 Å². The molecule has 0 radical (unpaired) electrons. The molecule has 2 rings (SSSR count). The summed E-state index contributed by atoms with van der Waals surface area (Å²) < 4.78 is 7.55. The van der Waals surface area contributed by atoms with Gasteiger partial charge in [0, 0.05) is 42.7 Å². The zero-order valence-corrected chi connectivity index (χ0v) is 17.2. The largest absolute Gasteiger partial charge is 0.492 e. The summed E-state index contributed by atoms with van der Waals surface area (Å²) in [5.41, 5.74) is 1.85. The van der Waals surface area contributed by atoms with Crippen molar-refractivity contribution in [2.45, 2.75) is 40.3 Å². The second-order valence-corrected chi connectivity index (χ2v) is 7.13. The van der Waals surface area contributed by atoms with Gasteiger partial charge in [-0.05, 0) is 26.1 Å². The molecule has 0 aliphatic rings. The van der Waals surface area contributed by atoms with Crippen molar-refractivity contribution in [3.05, 3.63) is 50.6 Å². The number of para-hydroxylation sites is 1. The van der Waals surface area contributed by atoms with Crippen LogP contribution >= 0.6 is 11.3 Å². The topological polar surface area (TPSA) is 63.6 Å². The second-order valence-electron chi connectivity index (χ2n) is 6.30. The summed E-state index contributed by atoms with van der Waals surface area (Å²) in [5.74, 6) is 0.722. The Morgan fingerprint density at radius 3 is 2.67 bits per heavy atom. The molecule has 0 bridgehead atoms. The number of likely N-dealkylation sites (N-methyl/N-ethyl adjacent to an activating group) is 1. The van der Waals surface area contributed by atoms with E-state index >= 15 is 0 Å². The van der Waals surface area contributed by atoms with Gasteiger partial charge in [0.05, 0.1) is 0 Å². The van der Waals surface area contributed by atoms with E-state index in [0.717, 1.165) is 48.0 Å². The van der Waals surface area contributed by atoms with Crippen molar-refractivity contribution in [1.29, 1.82) is 0 Å². The molecule has 1 aromatic heterocycles. The van der Waals surface area contributed by atoms with Crippen LogP contribution in [0.2, 0.25) is 0 Å². The molecule has 1 N–H and O–H groups in total. The monoisotopic (exact) mass is 391 g/mol. The highest BCUT2D eigenvalue weighted by Gasteiger charge is 2.09. The smallest absolute Gasteiger partial charge is 0.307 e. The van der Waals surface area contributed by atoms with Crippen LogP contribution < -0.4 is 14.9 Å². The number of hydrogen-bond acceptors (Lipinski definition) is 5. The van der Waals surface area contributed by atoms with Gasteiger partial charge >= 0.3 is 4.87 Å². The van der Waals surface area contributed by atoms with Gasteiger partial charge in [0.1, 0.15) is 12.4 Å². The number of carbonyl (C=O) groups is 1. The number of nitrogens with one attached hydrogen (secondary N) is 1. The highest BCUT2D eigenvalue weighted by molar-refractivity contribution is 7.07. The van der Waals surface area contributed by atoms with Crippen LogP contribution in [0.25, 0.3) is 0 Å². The minimum atomic E-state index is -0.0783. The zero-order chi connectivity index (χ0) is 19.6. The predicted molar refractivity (Wildman–Crippen MR) is 110 cm³/mol. The molecule has 0 spiro atoms. The Bertz CT molecular complexity index is 781. The van der Waals surface area contributed by atoms with Crippen LogP contribution in [0.15, 0.2) is 34.4 Å². The van der Waals surface area contributed by atoms with Crippen molar-refractivity contribution in [3.63, 3.8) is 0 Å². The number of hydrogen-bond donors (Lipinski definition) is 1. The zero-order valence-electron chi connectivity index (χ0n) is 16.4. The van der Waals surface area contributed by atoms with Gasteiger partial charge in [0.2, 0.25) is 5.91 Å². The normalized spacial score (nSPS) is 11.0. The van der Waals surface area contributed by atoms with Gasteiger partial charge in [-0.1, -0.05) is 43.4 Å². The minimum absolute atomic E-state index is 0.0211. The van der Waals surface area contributed by atoms with Gasteiger partial charge in [0.25, 0.3) is 0 Å². The number of aryl methyl sites for hydroxylation is 1. The molecule has 0 saturated carbocycles. The molecular weight excluding hydrogens is 362 g/mol. The number of amides is 1. The second kappa shape index (κ2) is 10.9. The first kappa shape index (κ1) is 21.2. The molecule has 0 unspecified atom stereocenters. The maximum absolute atomic E-state index is 12.2. The Morgan fingerprint density at radius 1 is 1.26 bits per heavy atom. The van der Waals surface area contributed by atoms with Crippen molar-refractivity contribution in [2.24, 2.45) is 0 Å². The van der Waals surface area contributed by atoms with E-state index in [1.54, 1.807) is 4.57 Å². The highest BCUT2D eigenvalue weighted by Crippen LogP contribution is 2.17. The van der Waals surface area contributed by atoms with E-state index < -0.39 is 0 Å². The maximum Gasteiger partial charge on any atom is 0.307 e. The third kappa shape index (κ3) is 6.52. The third-order valence-electron chi connectivity index (χ3n) is 4.55. The Hall–Kier alpha value is -2.12. The molecular formula is C20H29N3O3S. The van der Waals surface area contributed by atoms with Crippen LogP contribution in [0, 0.1) is 6.92 Å². The van der Waals surface area contributed by atoms with Crippen molar-refractivity contribution in [2.75, 3.05) is 26.2 Å². The van der Waals surface area contributed by atoms with Crippen LogP contribution in [0.5, 0.6) is 5.75 Å². The van der Waals surface area contributed by atoms with E-state index in [4.69, 9.17) is 4.74 Å². The number of aromatic nitrogens is 1. The van der Waals surface area contributed by atoms with Crippen LogP contribution in [0.4, 0.5) is 0 Å². The Balaban J connectivity index is 1.82. The lowest BCUT2D eigenvalue weighted by atomic mass is 10.2. The first-order valence-electron chi connectivity index (χ1n) is 9.39. The molecule has 7 heteroatoms. The molecule has 0 saturated heterocycles. The minimum Gasteiger partial charge on any atom is -0.492 e. The SMILES string of the molecule is CCN(CC)CCOc1ccccc1CNC(=O)CCn1c(C)csc1=O. The summed E-state index contributed by atoms with van der Waals surface area (Å²) in [6.45, 7) is 10.5. The lowest BCUT2D eigenvalue weighted by molar-refractivity contribution is -0.121. The number of carbonyl (C=O) groups excluding carboxylic acids is 1. The maximum atomic E-state index is 12.2. The number of rotatable bonds is 11. The van der Waals surface area contributed by atoms with Crippen LogP contribution in [-0.2, 0) is 17.9 Å².